The largest absolute Gasteiger partial charge is 0.385 e. The van der Waals surface area contributed by atoms with Gasteiger partial charge in [-0.3, -0.25) is 13.9 Å². The summed E-state index contributed by atoms with van der Waals surface area (Å²) in [5.74, 6) is 0.406. The van der Waals surface area contributed by atoms with Gasteiger partial charge in [-0.05, 0) is 25.0 Å². The van der Waals surface area contributed by atoms with Crippen LogP contribution in [0.4, 0.5) is 0 Å². The van der Waals surface area contributed by atoms with Crippen molar-refractivity contribution in [2.45, 2.75) is 20.3 Å². The van der Waals surface area contributed by atoms with Crippen LogP contribution in [0.25, 0.3) is 17.1 Å². The van der Waals surface area contributed by atoms with E-state index in [0.717, 1.165) is 22.5 Å². The van der Waals surface area contributed by atoms with E-state index in [0.29, 0.717) is 12.2 Å². The van der Waals surface area contributed by atoms with Crippen LogP contribution in [-0.2, 0) is 20.0 Å². The Morgan fingerprint density at radius 1 is 0.968 bits per heavy atom. The molecule has 0 amide bonds. The van der Waals surface area contributed by atoms with Crippen LogP contribution >= 0.6 is 7.60 Å². The fourth-order valence-electron chi connectivity index (χ4n) is 3.48. The van der Waals surface area contributed by atoms with Gasteiger partial charge in [-0.2, -0.15) is 0 Å². The summed E-state index contributed by atoms with van der Waals surface area (Å²) in [4.78, 5) is 21.1. The summed E-state index contributed by atoms with van der Waals surface area (Å²) >= 11 is 0. The van der Waals surface area contributed by atoms with Crippen molar-refractivity contribution in [1.82, 2.24) is 14.5 Å². The molecule has 0 spiro atoms. The lowest BCUT2D eigenvalue weighted by Gasteiger charge is -2.13. The first-order valence-corrected chi connectivity index (χ1v) is 11.7. The third kappa shape index (κ3) is 4.26. The van der Waals surface area contributed by atoms with Crippen molar-refractivity contribution in [3.8, 4) is 17.1 Å². The van der Waals surface area contributed by atoms with E-state index in [-0.39, 0.29) is 18.6 Å². The van der Waals surface area contributed by atoms with Gasteiger partial charge in [-0.1, -0.05) is 60.7 Å². The van der Waals surface area contributed by atoms with Gasteiger partial charge in [0.2, 0.25) is 5.44 Å². The molecule has 2 aromatic carbocycles. The van der Waals surface area contributed by atoms with Crippen molar-refractivity contribution in [2.24, 2.45) is 0 Å². The molecular weight excluding hydrogens is 413 g/mol. The zero-order valence-corrected chi connectivity index (χ0v) is 18.3. The summed E-state index contributed by atoms with van der Waals surface area (Å²) in [6, 6.07) is 19.6. The minimum absolute atomic E-state index is 0.142. The van der Waals surface area contributed by atoms with Gasteiger partial charge in [-0.15, -0.1) is 0 Å². The Morgan fingerprint density at radius 2 is 1.58 bits per heavy atom. The molecule has 0 fully saturated rings. The average Bonchev–Trinajstić information content (AvgIpc) is 3.13. The topological polar surface area (TPSA) is 86.2 Å². The maximum atomic E-state index is 13.3. The number of aromatic amines is 1. The highest BCUT2D eigenvalue weighted by molar-refractivity contribution is 7.61. The van der Waals surface area contributed by atoms with Gasteiger partial charge < -0.3 is 14.0 Å². The van der Waals surface area contributed by atoms with Gasteiger partial charge in [-0.25, -0.2) is 4.98 Å². The van der Waals surface area contributed by atoms with Gasteiger partial charge in [0, 0.05) is 12.6 Å². The van der Waals surface area contributed by atoms with Crippen LogP contribution in [-0.4, -0.2) is 27.7 Å². The molecule has 4 rings (SSSR count). The predicted octanol–water partition coefficient (Wildman–Crippen LogP) is 4.15. The Bertz CT molecular complexity index is 1220. The number of nitrogens with zero attached hydrogens (tertiary/aromatic N) is 2. The van der Waals surface area contributed by atoms with E-state index in [4.69, 9.17) is 9.05 Å². The van der Waals surface area contributed by atoms with Gasteiger partial charge in [0.25, 0.3) is 5.56 Å². The molecule has 1 N–H and O–H groups in total. The monoisotopic (exact) mass is 437 g/mol. The molecule has 0 saturated heterocycles. The summed E-state index contributed by atoms with van der Waals surface area (Å²) in [5.41, 5.74) is 2.77. The van der Waals surface area contributed by atoms with Crippen molar-refractivity contribution < 1.29 is 13.6 Å². The van der Waals surface area contributed by atoms with Crippen molar-refractivity contribution >= 4 is 13.0 Å². The molecule has 7 nitrogen and oxygen atoms in total. The van der Waals surface area contributed by atoms with Crippen LogP contribution in [0.1, 0.15) is 25.1 Å². The molecule has 0 aliphatic carbocycles. The first-order valence-electron chi connectivity index (χ1n) is 10.2. The lowest BCUT2D eigenvalue weighted by atomic mass is 10.1. The van der Waals surface area contributed by atoms with E-state index in [9.17, 15) is 9.36 Å². The van der Waals surface area contributed by atoms with E-state index >= 15 is 0 Å². The summed E-state index contributed by atoms with van der Waals surface area (Å²) in [6.07, 6.45) is 2.20. The maximum absolute atomic E-state index is 13.3. The lowest BCUT2D eigenvalue weighted by Crippen LogP contribution is -2.29. The van der Waals surface area contributed by atoms with Crippen LogP contribution in [0, 0.1) is 0 Å². The molecule has 2 aliphatic heterocycles. The minimum atomic E-state index is -3.83. The third-order valence-corrected chi connectivity index (χ3v) is 6.84. The Balaban J connectivity index is 1.93. The first kappa shape index (κ1) is 21.2. The Kier molecular flexibility index (Phi) is 6.18. The van der Waals surface area contributed by atoms with Gasteiger partial charge >= 0.3 is 7.60 Å². The summed E-state index contributed by atoms with van der Waals surface area (Å²) < 4.78 is 25.5. The third-order valence-electron chi connectivity index (χ3n) is 4.83. The highest BCUT2D eigenvalue weighted by Crippen LogP contribution is 2.45. The summed E-state index contributed by atoms with van der Waals surface area (Å²) in [5, 5.41) is 0. The standard InChI is InChI=1S/C23H24N3O4P/c1-3-29-31(28,30-4-2)22-23(27)26-16-20(18-13-9-6-10-14-18)24-19(21(26)25-22)15-17-11-7-5-8-12-17/h5-14,16,24H,3-4,15H2,1-2H3. The van der Waals surface area contributed by atoms with Crippen molar-refractivity contribution in [3.05, 3.63) is 88.5 Å². The minimum Gasteiger partial charge on any atom is -0.354 e. The molecular formula is C23H24N3O4P. The van der Waals surface area contributed by atoms with Gasteiger partial charge in [0.05, 0.1) is 24.6 Å². The zero-order chi connectivity index (χ0) is 21.8. The number of H-pyrrole nitrogens is 1. The number of benzene rings is 2. The van der Waals surface area contributed by atoms with Crippen LogP contribution in [0.2, 0.25) is 0 Å². The molecule has 2 heterocycles. The SMILES string of the molecule is CCOP(=O)(OCC)c1nc2c(Cc3ccccc3)[nH]c(-c3ccccc3)cn-2c1=O. The van der Waals surface area contributed by atoms with E-state index in [1.807, 2.05) is 60.7 Å². The van der Waals surface area contributed by atoms with Crippen LogP contribution in [0.5, 0.6) is 0 Å². The second-order valence-electron chi connectivity index (χ2n) is 6.94. The molecule has 0 unspecified atom stereocenters. The molecule has 0 aromatic heterocycles. The summed E-state index contributed by atoms with van der Waals surface area (Å²) in [6.45, 7) is 3.69. The van der Waals surface area contributed by atoms with Gasteiger partial charge in [0.1, 0.15) is 0 Å². The quantitative estimate of drug-likeness (QED) is 0.419. The fraction of sp³-hybridized carbons (Fsp3) is 0.217. The zero-order valence-electron chi connectivity index (χ0n) is 17.4. The number of hydrogen-bond donors (Lipinski definition) is 1. The Hall–Kier alpha value is -2.99. The van der Waals surface area contributed by atoms with Crippen LogP contribution < -0.4 is 11.0 Å². The smallest absolute Gasteiger partial charge is 0.354 e. The molecule has 2 aromatic rings. The van der Waals surface area contributed by atoms with E-state index in [1.54, 1.807) is 20.0 Å². The molecule has 8 heteroatoms. The lowest BCUT2D eigenvalue weighted by molar-refractivity contribution is 0.229. The van der Waals surface area contributed by atoms with Gasteiger partial charge in [0.15, 0.2) is 5.82 Å². The van der Waals surface area contributed by atoms with Crippen molar-refractivity contribution in [3.63, 3.8) is 0 Å². The van der Waals surface area contributed by atoms with Crippen LogP contribution in [0.3, 0.4) is 0 Å². The van der Waals surface area contributed by atoms with E-state index in [2.05, 4.69) is 9.97 Å². The number of rotatable bonds is 8. The Morgan fingerprint density at radius 3 is 2.19 bits per heavy atom. The average molecular weight is 437 g/mol. The second-order valence-corrected chi connectivity index (χ2v) is 8.88. The normalized spacial score (nSPS) is 11.8. The van der Waals surface area contributed by atoms with E-state index in [1.165, 1.54) is 4.57 Å². The molecule has 0 atom stereocenters. The second kappa shape index (κ2) is 9.02. The highest BCUT2D eigenvalue weighted by atomic mass is 31.2. The molecule has 2 aliphatic rings. The number of fused-ring (bicyclic) bond motifs is 1. The molecule has 0 bridgehead atoms. The highest BCUT2D eigenvalue weighted by Gasteiger charge is 2.36. The molecule has 160 valence electrons. The molecule has 0 saturated carbocycles. The predicted molar refractivity (Wildman–Crippen MR) is 121 cm³/mol. The number of hydrogen-bond acceptors (Lipinski definition) is 5. The van der Waals surface area contributed by atoms with Crippen molar-refractivity contribution in [2.75, 3.05) is 13.2 Å². The van der Waals surface area contributed by atoms with Crippen molar-refractivity contribution in [1.29, 1.82) is 0 Å². The number of imidazole rings is 1. The molecule has 31 heavy (non-hydrogen) atoms. The fourth-order valence-corrected chi connectivity index (χ4v) is 5.04. The summed E-state index contributed by atoms with van der Waals surface area (Å²) in [7, 11) is -3.83. The number of aromatic nitrogens is 3. The van der Waals surface area contributed by atoms with Crippen LogP contribution in [0.15, 0.2) is 71.7 Å². The molecule has 0 radical (unpaired) electrons. The first-order chi connectivity index (χ1) is 15.1. The maximum Gasteiger partial charge on any atom is 0.385 e. The van der Waals surface area contributed by atoms with E-state index < -0.39 is 13.2 Å². The number of nitrogens with one attached hydrogen (secondary N) is 1. The Labute approximate surface area is 180 Å².